The number of anilines is 1. The molecule has 1 amide bonds. The minimum atomic E-state index is -0.247. The fraction of sp³-hybridized carbons (Fsp3) is 0.300. The van der Waals surface area contributed by atoms with Gasteiger partial charge < -0.3 is 15.3 Å². The molecule has 26 heavy (non-hydrogen) atoms. The predicted octanol–water partition coefficient (Wildman–Crippen LogP) is 3.99. The first-order valence-electron chi connectivity index (χ1n) is 8.86. The van der Waals surface area contributed by atoms with Gasteiger partial charge in [-0.15, -0.1) is 11.8 Å². The van der Waals surface area contributed by atoms with Crippen LogP contribution in [0.5, 0.6) is 0 Å². The molecule has 0 fully saturated rings. The minimum absolute atomic E-state index is 0.0183. The third-order valence-electron chi connectivity index (χ3n) is 4.84. The van der Waals surface area contributed by atoms with Crippen LogP contribution >= 0.6 is 11.8 Å². The van der Waals surface area contributed by atoms with Crippen LogP contribution in [0.25, 0.3) is 11.0 Å². The van der Waals surface area contributed by atoms with Crippen molar-refractivity contribution in [3.63, 3.8) is 0 Å². The van der Waals surface area contributed by atoms with E-state index < -0.39 is 0 Å². The largest absolute Gasteiger partial charge is 0.325 e. The summed E-state index contributed by atoms with van der Waals surface area (Å²) in [5, 5.41) is 3.17. The first kappa shape index (κ1) is 17.0. The molecule has 6 heteroatoms. The standard InChI is InChI=1S/C20H21N3O2S/c1-12(26-18-8-4-6-13-5-2-3-7-15(13)18)19(24)21-14-9-10-16-17(11-14)23-20(25)22-16/h2-3,5,7,9-12,18H,4,6,8H2,1H3,(H,21,24)(H2,22,23,25). The molecule has 0 aliphatic heterocycles. The summed E-state index contributed by atoms with van der Waals surface area (Å²) in [5.41, 5.74) is 4.64. The van der Waals surface area contributed by atoms with Crippen molar-refractivity contribution in [2.45, 2.75) is 36.7 Å². The van der Waals surface area contributed by atoms with Crippen molar-refractivity contribution in [3.05, 3.63) is 64.1 Å². The first-order chi connectivity index (χ1) is 12.6. The van der Waals surface area contributed by atoms with Crippen LogP contribution in [0.3, 0.4) is 0 Å². The van der Waals surface area contributed by atoms with Crippen molar-refractivity contribution in [1.29, 1.82) is 0 Å². The number of carbonyl (C=O) groups is 1. The van der Waals surface area contributed by atoms with E-state index in [2.05, 4.69) is 39.6 Å². The van der Waals surface area contributed by atoms with Crippen LogP contribution in [-0.2, 0) is 11.2 Å². The van der Waals surface area contributed by atoms with Gasteiger partial charge in [0.2, 0.25) is 5.91 Å². The van der Waals surface area contributed by atoms with Crippen molar-refractivity contribution in [2.75, 3.05) is 5.32 Å². The Bertz CT molecular complexity index is 1010. The number of aromatic nitrogens is 2. The van der Waals surface area contributed by atoms with Gasteiger partial charge in [0.25, 0.3) is 0 Å². The molecule has 5 nitrogen and oxygen atoms in total. The summed E-state index contributed by atoms with van der Waals surface area (Å²) >= 11 is 1.72. The Morgan fingerprint density at radius 1 is 1.19 bits per heavy atom. The molecule has 1 heterocycles. The second-order valence-corrected chi connectivity index (χ2v) is 8.24. The Labute approximate surface area is 155 Å². The number of aromatic amines is 2. The van der Waals surface area contributed by atoms with E-state index in [-0.39, 0.29) is 16.8 Å². The number of benzene rings is 2. The lowest BCUT2D eigenvalue weighted by molar-refractivity contribution is -0.115. The van der Waals surface area contributed by atoms with Crippen molar-refractivity contribution < 1.29 is 4.79 Å². The van der Waals surface area contributed by atoms with Crippen LogP contribution in [0.2, 0.25) is 0 Å². The van der Waals surface area contributed by atoms with Gasteiger partial charge in [-0.1, -0.05) is 24.3 Å². The molecule has 2 atom stereocenters. The van der Waals surface area contributed by atoms with E-state index in [0.717, 1.165) is 18.4 Å². The fourth-order valence-electron chi connectivity index (χ4n) is 3.51. The Morgan fingerprint density at radius 2 is 2.00 bits per heavy atom. The highest BCUT2D eigenvalue weighted by Gasteiger charge is 2.25. The van der Waals surface area contributed by atoms with Gasteiger partial charge in [0.1, 0.15) is 0 Å². The highest BCUT2D eigenvalue weighted by molar-refractivity contribution is 8.00. The van der Waals surface area contributed by atoms with Gasteiger partial charge in [-0.2, -0.15) is 0 Å². The fourth-order valence-corrected chi connectivity index (χ4v) is 4.87. The summed E-state index contributed by atoms with van der Waals surface area (Å²) in [6, 6.07) is 13.9. The van der Waals surface area contributed by atoms with Gasteiger partial charge in [0.05, 0.1) is 16.3 Å². The molecule has 1 aliphatic carbocycles. The zero-order valence-electron chi connectivity index (χ0n) is 14.5. The average Bonchev–Trinajstić information content (AvgIpc) is 3.01. The van der Waals surface area contributed by atoms with E-state index in [4.69, 9.17) is 0 Å². The SMILES string of the molecule is CC(SC1CCCc2ccccc21)C(=O)Nc1ccc2[nH]c(=O)[nH]c2c1. The van der Waals surface area contributed by atoms with E-state index in [1.165, 1.54) is 17.5 Å². The van der Waals surface area contributed by atoms with Gasteiger partial charge in [-0.3, -0.25) is 4.79 Å². The molecule has 134 valence electrons. The van der Waals surface area contributed by atoms with Gasteiger partial charge in [0, 0.05) is 10.9 Å². The smallest absolute Gasteiger partial charge is 0.323 e. The molecular weight excluding hydrogens is 346 g/mol. The molecule has 3 aromatic rings. The Morgan fingerprint density at radius 3 is 2.88 bits per heavy atom. The quantitative estimate of drug-likeness (QED) is 0.652. The van der Waals surface area contributed by atoms with Crippen molar-refractivity contribution >= 4 is 34.4 Å². The molecule has 0 saturated heterocycles. The third kappa shape index (κ3) is 3.42. The number of rotatable bonds is 4. The summed E-state index contributed by atoms with van der Waals surface area (Å²) < 4.78 is 0. The highest BCUT2D eigenvalue weighted by atomic mass is 32.2. The van der Waals surface area contributed by atoms with E-state index in [9.17, 15) is 9.59 Å². The molecule has 1 aliphatic rings. The normalized spacial score (nSPS) is 17.7. The van der Waals surface area contributed by atoms with Gasteiger partial charge in [-0.05, 0) is 55.5 Å². The monoisotopic (exact) mass is 367 g/mol. The molecular formula is C20H21N3O2S. The highest BCUT2D eigenvalue weighted by Crippen LogP contribution is 2.41. The number of H-pyrrole nitrogens is 2. The summed E-state index contributed by atoms with van der Waals surface area (Å²) in [6.45, 7) is 1.95. The van der Waals surface area contributed by atoms with Crippen LogP contribution in [0, 0.1) is 0 Å². The number of imidazole rings is 1. The molecule has 0 saturated carbocycles. The number of fused-ring (bicyclic) bond motifs is 2. The lowest BCUT2D eigenvalue weighted by atomic mass is 9.91. The number of hydrogen-bond donors (Lipinski definition) is 3. The van der Waals surface area contributed by atoms with E-state index in [0.29, 0.717) is 16.5 Å². The van der Waals surface area contributed by atoms with Gasteiger partial charge >= 0.3 is 5.69 Å². The Hall–Kier alpha value is -2.47. The number of carbonyl (C=O) groups excluding carboxylic acids is 1. The second kappa shape index (κ2) is 7.03. The topological polar surface area (TPSA) is 77.8 Å². The predicted molar refractivity (Wildman–Crippen MR) is 107 cm³/mol. The van der Waals surface area contributed by atoms with Crippen LogP contribution < -0.4 is 11.0 Å². The average molecular weight is 367 g/mol. The molecule has 2 aromatic carbocycles. The molecule has 0 bridgehead atoms. The lowest BCUT2D eigenvalue weighted by Crippen LogP contribution is -2.24. The number of amides is 1. The summed E-state index contributed by atoms with van der Waals surface area (Å²) in [4.78, 5) is 29.4. The number of aryl methyl sites for hydroxylation is 1. The van der Waals surface area contributed by atoms with Crippen molar-refractivity contribution in [2.24, 2.45) is 0 Å². The zero-order chi connectivity index (χ0) is 18.1. The van der Waals surface area contributed by atoms with Crippen LogP contribution in [-0.4, -0.2) is 21.1 Å². The number of thioether (sulfide) groups is 1. The maximum absolute atomic E-state index is 12.6. The van der Waals surface area contributed by atoms with E-state index >= 15 is 0 Å². The molecule has 0 spiro atoms. The first-order valence-corrected chi connectivity index (χ1v) is 9.80. The maximum atomic E-state index is 12.6. The van der Waals surface area contributed by atoms with Crippen LogP contribution in [0.1, 0.15) is 36.1 Å². The van der Waals surface area contributed by atoms with Crippen molar-refractivity contribution in [1.82, 2.24) is 9.97 Å². The second-order valence-electron chi connectivity index (χ2n) is 6.69. The van der Waals surface area contributed by atoms with E-state index in [1.54, 1.807) is 30.0 Å². The van der Waals surface area contributed by atoms with E-state index in [1.807, 2.05) is 6.92 Å². The Balaban J connectivity index is 1.45. The van der Waals surface area contributed by atoms with Crippen LogP contribution in [0.15, 0.2) is 47.3 Å². The summed E-state index contributed by atoms with van der Waals surface area (Å²) in [7, 11) is 0. The third-order valence-corrected chi connectivity index (χ3v) is 6.28. The molecule has 1 aromatic heterocycles. The summed E-state index contributed by atoms with van der Waals surface area (Å²) in [5.74, 6) is -0.0183. The number of nitrogens with one attached hydrogen (secondary N) is 3. The van der Waals surface area contributed by atoms with Gasteiger partial charge in [0.15, 0.2) is 0 Å². The summed E-state index contributed by atoms with van der Waals surface area (Å²) in [6.07, 6.45) is 3.40. The lowest BCUT2D eigenvalue weighted by Gasteiger charge is -2.27. The zero-order valence-corrected chi connectivity index (χ0v) is 15.4. The maximum Gasteiger partial charge on any atom is 0.323 e. The van der Waals surface area contributed by atoms with Crippen molar-refractivity contribution in [3.8, 4) is 0 Å². The molecule has 3 N–H and O–H groups in total. The van der Waals surface area contributed by atoms with Crippen LogP contribution in [0.4, 0.5) is 5.69 Å². The van der Waals surface area contributed by atoms with Gasteiger partial charge in [-0.25, -0.2) is 4.79 Å². The molecule has 2 unspecified atom stereocenters. The number of hydrogen-bond acceptors (Lipinski definition) is 3. The molecule has 4 rings (SSSR count). The molecule has 0 radical (unpaired) electrons. The Kier molecular flexibility index (Phi) is 4.59. The minimum Gasteiger partial charge on any atom is -0.325 e.